The van der Waals surface area contributed by atoms with Crippen molar-refractivity contribution < 1.29 is 28.6 Å². The number of carbonyl (C=O) groups is 3. The molecule has 1 atom stereocenters. The second-order valence-corrected chi connectivity index (χ2v) is 3.25. The molecule has 1 aliphatic carbocycles. The number of ether oxygens (including phenoxy) is 3. The average molecular weight is 240 g/mol. The first-order valence-electron chi connectivity index (χ1n) is 4.73. The van der Waals surface area contributed by atoms with E-state index in [1.165, 1.54) is 20.3 Å². The summed E-state index contributed by atoms with van der Waals surface area (Å²) in [4.78, 5) is 33.9. The predicted octanol–water partition coefficient (Wildman–Crippen LogP) is 0.130. The molecule has 0 aliphatic heterocycles. The predicted molar refractivity (Wildman–Crippen MR) is 55.8 cm³/mol. The summed E-state index contributed by atoms with van der Waals surface area (Å²) in [7, 11) is 2.40. The van der Waals surface area contributed by atoms with E-state index in [0.29, 0.717) is 0 Å². The van der Waals surface area contributed by atoms with E-state index in [2.05, 4.69) is 4.74 Å². The van der Waals surface area contributed by atoms with Crippen LogP contribution in [-0.2, 0) is 28.6 Å². The van der Waals surface area contributed by atoms with E-state index in [4.69, 9.17) is 9.47 Å². The van der Waals surface area contributed by atoms with Crippen LogP contribution < -0.4 is 0 Å². The van der Waals surface area contributed by atoms with Crippen molar-refractivity contribution in [3.63, 3.8) is 0 Å². The van der Waals surface area contributed by atoms with E-state index in [1.807, 2.05) is 0 Å². The van der Waals surface area contributed by atoms with Crippen LogP contribution in [0.3, 0.4) is 0 Å². The Morgan fingerprint density at radius 3 is 2.35 bits per heavy atom. The molecule has 1 rings (SSSR count). The molecule has 1 unspecified atom stereocenters. The van der Waals surface area contributed by atoms with Crippen LogP contribution in [0.5, 0.6) is 0 Å². The van der Waals surface area contributed by atoms with Crippen molar-refractivity contribution in [2.45, 2.75) is 12.7 Å². The molecule has 0 bridgehead atoms. The minimum Gasteiger partial charge on any atom is -0.465 e. The Morgan fingerprint density at radius 1 is 1.24 bits per heavy atom. The van der Waals surface area contributed by atoms with Gasteiger partial charge in [-0.05, 0) is 12.2 Å². The molecule has 92 valence electrons. The van der Waals surface area contributed by atoms with E-state index >= 15 is 0 Å². The number of hydrogen-bond donors (Lipinski definition) is 0. The van der Waals surface area contributed by atoms with E-state index in [0.717, 1.165) is 19.1 Å². The summed E-state index contributed by atoms with van der Waals surface area (Å²) < 4.78 is 14.2. The fraction of sp³-hybridized carbons (Fsp3) is 0.364. The van der Waals surface area contributed by atoms with Gasteiger partial charge >= 0.3 is 11.9 Å². The summed E-state index contributed by atoms with van der Waals surface area (Å²) in [5.74, 6) is -3.81. The van der Waals surface area contributed by atoms with Crippen LogP contribution in [0.1, 0.15) is 6.92 Å². The number of rotatable bonds is 3. The number of hydrogen-bond acceptors (Lipinski definition) is 6. The van der Waals surface area contributed by atoms with Gasteiger partial charge < -0.3 is 14.2 Å². The maximum atomic E-state index is 11.7. The molecular weight excluding hydrogens is 228 g/mol. The zero-order valence-electron chi connectivity index (χ0n) is 9.68. The SMILES string of the molecule is COC(=O)C1=CC(OC)(OC(C)=O)C(=O)C=C1. The van der Waals surface area contributed by atoms with Crippen LogP contribution in [0.15, 0.2) is 23.8 Å². The molecule has 0 saturated carbocycles. The fourth-order valence-electron chi connectivity index (χ4n) is 1.34. The molecule has 0 spiro atoms. The first-order chi connectivity index (χ1) is 7.95. The third kappa shape index (κ3) is 2.59. The zero-order chi connectivity index (χ0) is 13.1. The molecule has 1 aliphatic rings. The van der Waals surface area contributed by atoms with Crippen LogP contribution in [0.4, 0.5) is 0 Å². The highest BCUT2D eigenvalue weighted by Gasteiger charge is 2.41. The molecule has 0 heterocycles. The zero-order valence-corrected chi connectivity index (χ0v) is 9.68. The molecule has 0 fully saturated rings. The lowest BCUT2D eigenvalue weighted by atomic mass is 10.00. The maximum absolute atomic E-state index is 11.7. The molecule has 0 aromatic heterocycles. The van der Waals surface area contributed by atoms with Gasteiger partial charge in [0, 0.05) is 20.1 Å². The summed E-state index contributed by atoms with van der Waals surface area (Å²) in [5.41, 5.74) is 0.0789. The van der Waals surface area contributed by atoms with Crippen LogP contribution in [0.25, 0.3) is 0 Å². The van der Waals surface area contributed by atoms with Crippen molar-refractivity contribution in [2.75, 3.05) is 14.2 Å². The molecule has 0 radical (unpaired) electrons. The lowest BCUT2D eigenvalue weighted by molar-refractivity contribution is -0.199. The second-order valence-electron chi connectivity index (χ2n) is 3.25. The minimum atomic E-state index is -1.88. The Labute approximate surface area is 97.8 Å². The van der Waals surface area contributed by atoms with Gasteiger partial charge in [0.2, 0.25) is 5.78 Å². The number of esters is 2. The Hall–Kier alpha value is -1.95. The van der Waals surface area contributed by atoms with Gasteiger partial charge in [-0.2, -0.15) is 0 Å². The van der Waals surface area contributed by atoms with E-state index in [-0.39, 0.29) is 5.57 Å². The fourth-order valence-corrected chi connectivity index (χ4v) is 1.34. The summed E-state index contributed by atoms with van der Waals surface area (Å²) in [6.07, 6.45) is 3.48. The van der Waals surface area contributed by atoms with Crippen molar-refractivity contribution in [3.05, 3.63) is 23.8 Å². The Kier molecular flexibility index (Phi) is 3.80. The summed E-state index contributed by atoms with van der Waals surface area (Å²) in [6, 6.07) is 0. The van der Waals surface area contributed by atoms with Crippen molar-refractivity contribution in [2.24, 2.45) is 0 Å². The highest BCUT2D eigenvalue weighted by Crippen LogP contribution is 2.24. The van der Waals surface area contributed by atoms with E-state index in [9.17, 15) is 14.4 Å². The maximum Gasteiger partial charge on any atom is 0.337 e. The molecule has 17 heavy (non-hydrogen) atoms. The lowest BCUT2D eigenvalue weighted by Gasteiger charge is -2.28. The van der Waals surface area contributed by atoms with Crippen molar-refractivity contribution in [1.82, 2.24) is 0 Å². The number of methoxy groups -OCH3 is 2. The first kappa shape index (κ1) is 13.1. The van der Waals surface area contributed by atoms with Gasteiger partial charge in [0.15, 0.2) is 0 Å². The van der Waals surface area contributed by atoms with E-state index < -0.39 is 23.5 Å². The van der Waals surface area contributed by atoms with Gasteiger partial charge in [-0.15, -0.1) is 0 Å². The van der Waals surface area contributed by atoms with Gasteiger partial charge in [0.1, 0.15) is 0 Å². The average Bonchev–Trinajstić information content (AvgIpc) is 2.30. The highest BCUT2D eigenvalue weighted by atomic mass is 16.7. The highest BCUT2D eigenvalue weighted by molar-refractivity contribution is 6.05. The van der Waals surface area contributed by atoms with Crippen LogP contribution in [0, 0.1) is 0 Å². The largest absolute Gasteiger partial charge is 0.465 e. The Morgan fingerprint density at radius 2 is 1.88 bits per heavy atom. The summed E-state index contributed by atoms with van der Waals surface area (Å²) in [5, 5.41) is 0. The van der Waals surface area contributed by atoms with Gasteiger partial charge in [-0.1, -0.05) is 0 Å². The molecule has 0 aromatic rings. The second kappa shape index (κ2) is 4.92. The van der Waals surface area contributed by atoms with Crippen LogP contribution in [-0.4, -0.2) is 37.7 Å². The first-order valence-corrected chi connectivity index (χ1v) is 4.73. The minimum absolute atomic E-state index is 0.0789. The molecule has 6 nitrogen and oxygen atoms in total. The van der Waals surface area contributed by atoms with Gasteiger partial charge in [-0.25, -0.2) is 4.79 Å². The summed E-state index contributed by atoms with van der Waals surface area (Å²) in [6.45, 7) is 1.14. The lowest BCUT2D eigenvalue weighted by Crippen LogP contribution is -2.44. The Bertz CT molecular complexity index is 420. The standard InChI is InChI=1S/C11H12O6/c1-7(12)17-11(16-3)6-8(10(14)15-2)4-5-9(11)13/h4-6H,1-3H3. The van der Waals surface area contributed by atoms with Crippen molar-refractivity contribution in [3.8, 4) is 0 Å². The molecule has 0 amide bonds. The van der Waals surface area contributed by atoms with Crippen molar-refractivity contribution >= 4 is 17.7 Å². The van der Waals surface area contributed by atoms with Gasteiger partial charge in [-0.3, -0.25) is 9.59 Å². The molecule has 0 saturated heterocycles. The molecule has 0 aromatic carbocycles. The van der Waals surface area contributed by atoms with Crippen LogP contribution >= 0.6 is 0 Å². The normalized spacial score (nSPS) is 23.0. The molecule has 0 N–H and O–H groups in total. The van der Waals surface area contributed by atoms with Gasteiger partial charge in [0.05, 0.1) is 12.7 Å². The number of carbonyl (C=O) groups excluding carboxylic acids is 3. The molecule has 6 heteroatoms. The summed E-state index contributed by atoms with van der Waals surface area (Å²) >= 11 is 0. The topological polar surface area (TPSA) is 78.9 Å². The quantitative estimate of drug-likeness (QED) is 0.515. The Balaban J connectivity index is 3.14. The number of ketones is 1. The third-order valence-corrected chi connectivity index (χ3v) is 2.12. The van der Waals surface area contributed by atoms with Crippen LogP contribution in [0.2, 0.25) is 0 Å². The van der Waals surface area contributed by atoms with E-state index in [1.54, 1.807) is 0 Å². The smallest absolute Gasteiger partial charge is 0.337 e. The van der Waals surface area contributed by atoms with Crippen molar-refractivity contribution in [1.29, 1.82) is 0 Å². The third-order valence-electron chi connectivity index (χ3n) is 2.12. The molecular formula is C11H12O6. The van der Waals surface area contributed by atoms with Gasteiger partial charge in [0.25, 0.3) is 5.79 Å². The monoisotopic (exact) mass is 240 g/mol.